The van der Waals surface area contributed by atoms with Crippen LogP contribution in [0.15, 0.2) is 47.4 Å². The predicted molar refractivity (Wildman–Crippen MR) is 92.4 cm³/mol. The van der Waals surface area contributed by atoms with E-state index in [0.717, 1.165) is 36.6 Å². The fraction of sp³-hybridized carbons (Fsp3) is 0.278. The molecule has 1 N–H and O–H groups in total. The van der Waals surface area contributed by atoms with Crippen molar-refractivity contribution >= 4 is 27.3 Å². The molecular formula is C18H17FN2O3S. The molecule has 0 saturated heterocycles. The van der Waals surface area contributed by atoms with Crippen molar-refractivity contribution in [3.63, 3.8) is 0 Å². The summed E-state index contributed by atoms with van der Waals surface area (Å²) >= 11 is 0. The van der Waals surface area contributed by atoms with Crippen molar-refractivity contribution in [2.24, 2.45) is 5.92 Å². The summed E-state index contributed by atoms with van der Waals surface area (Å²) in [4.78, 5) is 13.7. The van der Waals surface area contributed by atoms with Gasteiger partial charge in [-0.05, 0) is 49.1 Å². The zero-order valence-corrected chi connectivity index (χ0v) is 14.2. The van der Waals surface area contributed by atoms with Gasteiger partial charge in [-0.25, -0.2) is 12.8 Å². The minimum Gasteiger partial charge on any atom is -0.312 e. The lowest BCUT2D eigenvalue weighted by Crippen LogP contribution is -2.30. The Morgan fingerprint density at radius 2 is 1.92 bits per heavy atom. The predicted octanol–water partition coefficient (Wildman–Crippen LogP) is 2.93. The molecule has 2 aliphatic rings. The molecule has 0 atom stereocenters. The minimum atomic E-state index is -4.03. The third-order valence-corrected chi connectivity index (χ3v) is 5.97. The second-order valence-electron chi connectivity index (χ2n) is 6.39. The smallest absolute Gasteiger partial charge is 0.264 e. The third-order valence-electron chi connectivity index (χ3n) is 4.55. The fourth-order valence-electron chi connectivity index (χ4n) is 3.10. The summed E-state index contributed by atoms with van der Waals surface area (Å²) in [6, 6.07) is 10.3. The van der Waals surface area contributed by atoms with Crippen LogP contribution in [0.4, 0.5) is 15.8 Å². The quantitative estimate of drug-likeness (QED) is 0.912. The number of nitrogens with one attached hydrogen (secondary N) is 1. The number of rotatable bonds is 4. The van der Waals surface area contributed by atoms with Crippen molar-refractivity contribution in [1.82, 2.24) is 0 Å². The molecule has 1 fully saturated rings. The van der Waals surface area contributed by atoms with Crippen LogP contribution in [0.25, 0.3) is 0 Å². The first-order chi connectivity index (χ1) is 12.0. The zero-order chi connectivity index (χ0) is 17.6. The molecule has 1 aliphatic carbocycles. The highest BCUT2D eigenvalue weighted by Gasteiger charge is 2.36. The van der Waals surface area contributed by atoms with Gasteiger partial charge in [-0.3, -0.25) is 9.52 Å². The molecule has 1 heterocycles. The molecule has 2 aromatic rings. The number of sulfonamides is 1. The van der Waals surface area contributed by atoms with Crippen LogP contribution in [0.1, 0.15) is 18.4 Å². The summed E-state index contributed by atoms with van der Waals surface area (Å²) in [5.41, 5.74) is 2.07. The first-order valence-electron chi connectivity index (χ1n) is 8.17. The van der Waals surface area contributed by atoms with Gasteiger partial charge in [0.25, 0.3) is 10.0 Å². The van der Waals surface area contributed by atoms with E-state index >= 15 is 0 Å². The molecule has 130 valence electrons. The van der Waals surface area contributed by atoms with Crippen molar-refractivity contribution in [2.75, 3.05) is 16.2 Å². The Hall–Kier alpha value is -2.41. The molecule has 0 bridgehead atoms. The van der Waals surface area contributed by atoms with Gasteiger partial charge in [-0.1, -0.05) is 18.2 Å². The van der Waals surface area contributed by atoms with Crippen molar-refractivity contribution in [2.45, 2.75) is 24.2 Å². The van der Waals surface area contributed by atoms with E-state index in [1.165, 1.54) is 18.2 Å². The van der Waals surface area contributed by atoms with E-state index in [4.69, 9.17) is 0 Å². The standard InChI is InChI=1S/C18H17FN2O3S/c19-15-3-1-2-4-17(15)25(23,24)20-14-8-7-12-9-10-21(16(12)11-14)18(22)13-5-6-13/h1-4,7-8,11,13,20H,5-6,9-10H2. The normalized spacial score (nSPS) is 16.6. The van der Waals surface area contributed by atoms with E-state index in [1.54, 1.807) is 17.0 Å². The Labute approximate surface area is 145 Å². The highest BCUT2D eigenvalue weighted by atomic mass is 32.2. The van der Waals surface area contributed by atoms with Crippen LogP contribution in [0, 0.1) is 11.7 Å². The maximum atomic E-state index is 13.8. The molecule has 7 heteroatoms. The summed E-state index contributed by atoms with van der Waals surface area (Å²) in [7, 11) is -4.03. The Kier molecular flexibility index (Phi) is 3.76. The van der Waals surface area contributed by atoms with E-state index in [9.17, 15) is 17.6 Å². The number of nitrogens with zero attached hydrogens (tertiary/aromatic N) is 1. The molecule has 0 unspecified atom stereocenters. The Bertz CT molecular complexity index is 955. The van der Waals surface area contributed by atoms with Crippen LogP contribution in [0.5, 0.6) is 0 Å². The summed E-state index contributed by atoms with van der Waals surface area (Å²) < 4.78 is 41.1. The van der Waals surface area contributed by atoms with Crippen LogP contribution < -0.4 is 9.62 Å². The first-order valence-corrected chi connectivity index (χ1v) is 9.66. The number of anilines is 2. The number of carbonyl (C=O) groups excluding carboxylic acids is 1. The van der Waals surface area contributed by atoms with Crippen LogP contribution >= 0.6 is 0 Å². The zero-order valence-electron chi connectivity index (χ0n) is 13.4. The molecule has 5 nitrogen and oxygen atoms in total. The Morgan fingerprint density at radius 1 is 1.16 bits per heavy atom. The van der Waals surface area contributed by atoms with Gasteiger partial charge >= 0.3 is 0 Å². The highest BCUT2D eigenvalue weighted by molar-refractivity contribution is 7.92. The lowest BCUT2D eigenvalue weighted by Gasteiger charge is -2.18. The fourth-order valence-corrected chi connectivity index (χ4v) is 4.22. The van der Waals surface area contributed by atoms with Gasteiger partial charge in [0.2, 0.25) is 5.91 Å². The van der Waals surface area contributed by atoms with Crippen LogP contribution in [0.3, 0.4) is 0 Å². The largest absolute Gasteiger partial charge is 0.312 e. The number of carbonyl (C=O) groups is 1. The number of hydrogen-bond donors (Lipinski definition) is 1. The van der Waals surface area contributed by atoms with E-state index in [-0.39, 0.29) is 11.8 Å². The van der Waals surface area contributed by atoms with E-state index < -0.39 is 20.7 Å². The van der Waals surface area contributed by atoms with E-state index in [1.807, 2.05) is 6.07 Å². The van der Waals surface area contributed by atoms with Crippen LogP contribution in [-0.2, 0) is 21.2 Å². The molecule has 25 heavy (non-hydrogen) atoms. The van der Waals surface area contributed by atoms with Gasteiger partial charge in [0.15, 0.2) is 0 Å². The molecular weight excluding hydrogens is 343 g/mol. The topological polar surface area (TPSA) is 66.5 Å². The molecule has 1 aliphatic heterocycles. The molecule has 0 aromatic heterocycles. The first kappa shape index (κ1) is 16.1. The molecule has 1 amide bonds. The monoisotopic (exact) mass is 360 g/mol. The molecule has 2 aromatic carbocycles. The molecule has 0 radical (unpaired) electrons. The number of halogens is 1. The van der Waals surface area contributed by atoms with Crippen LogP contribution in [-0.4, -0.2) is 20.9 Å². The van der Waals surface area contributed by atoms with E-state index in [0.29, 0.717) is 12.2 Å². The Balaban J connectivity index is 1.63. The van der Waals surface area contributed by atoms with Crippen molar-refractivity contribution in [3.8, 4) is 0 Å². The van der Waals surface area contributed by atoms with Gasteiger partial charge in [0.05, 0.1) is 5.69 Å². The van der Waals surface area contributed by atoms with Gasteiger partial charge in [0, 0.05) is 18.2 Å². The highest BCUT2D eigenvalue weighted by Crippen LogP contribution is 2.37. The van der Waals surface area contributed by atoms with Crippen molar-refractivity contribution in [3.05, 3.63) is 53.8 Å². The summed E-state index contributed by atoms with van der Waals surface area (Å²) in [5.74, 6) is -0.598. The number of benzene rings is 2. The van der Waals surface area contributed by atoms with Gasteiger partial charge in [0.1, 0.15) is 10.7 Å². The maximum Gasteiger partial charge on any atom is 0.264 e. The van der Waals surface area contributed by atoms with Gasteiger partial charge in [-0.15, -0.1) is 0 Å². The third kappa shape index (κ3) is 3.00. The number of amides is 1. The molecule has 1 saturated carbocycles. The summed E-state index contributed by atoms with van der Waals surface area (Å²) in [6.07, 6.45) is 2.60. The lowest BCUT2D eigenvalue weighted by molar-refractivity contribution is -0.119. The number of fused-ring (bicyclic) bond motifs is 1. The van der Waals surface area contributed by atoms with Crippen molar-refractivity contribution < 1.29 is 17.6 Å². The number of hydrogen-bond acceptors (Lipinski definition) is 3. The SMILES string of the molecule is O=C(C1CC1)N1CCc2ccc(NS(=O)(=O)c3ccccc3F)cc21. The minimum absolute atomic E-state index is 0.102. The summed E-state index contributed by atoms with van der Waals surface area (Å²) in [5, 5.41) is 0. The average Bonchev–Trinajstić information content (AvgIpc) is 3.34. The van der Waals surface area contributed by atoms with Crippen LogP contribution in [0.2, 0.25) is 0 Å². The summed E-state index contributed by atoms with van der Waals surface area (Å²) in [6.45, 7) is 0.619. The second-order valence-corrected chi connectivity index (χ2v) is 8.04. The lowest BCUT2D eigenvalue weighted by atomic mass is 10.1. The average molecular weight is 360 g/mol. The molecule has 4 rings (SSSR count). The molecule has 0 spiro atoms. The van der Waals surface area contributed by atoms with Gasteiger partial charge < -0.3 is 4.90 Å². The maximum absolute atomic E-state index is 13.8. The van der Waals surface area contributed by atoms with Crippen molar-refractivity contribution in [1.29, 1.82) is 0 Å². The second kappa shape index (κ2) is 5.84. The van der Waals surface area contributed by atoms with E-state index in [2.05, 4.69) is 4.72 Å². The Morgan fingerprint density at radius 3 is 2.64 bits per heavy atom. The van der Waals surface area contributed by atoms with Gasteiger partial charge in [-0.2, -0.15) is 0 Å².